The lowest BCUT2D eigenvalue weighted by Gasteiger charge is -2.11. The molecule has 2 N–H and O–H groups in total. The molecular weight excluding hydrogens is 264 g/mol. The van der Waals surface area contributed by atoms with E-state index >= 15 is 0 Å². The van der Waals surface area contributed by atoms with Gasteiger partial charge < -0.3 is 10.4 Å². The molecule has 0 spiro atoms. The Hall–Kier alpha value is -2.40. The van der Waals surface area contributed by atoms with Crippen LogP contribution in [0, 0.1) is 6.92 Å². The van der Waals surface area contributed by atoms with Crippen molar-refractivity contribution < 1.29 is 5.11 Å². The van der Waals surface area contributed by atoms with E-state index in [2.05, 4.69) is 21.5 Å². The van der Waals surface area contributed by atoms with Crippen molar-refractivity contribution in [3.8, 4) is 5.69 Å². The van der Waals surface area contributed by atoms with Crippen LogP contribution in [0.5, 0.6) is 0 Å². The number of nitrogens with one attached hydrogen (secondary N) is 1. The molecule has 5 nitrogen and oxygen atoms in total. The summed E-state index contributed by atoms with van der Waals surface area (Å²) in [5.74, 6) is 0. The lowest BCUT2D eigenvalue weighted by atomic mass is 10.1. The fraction of sp³-hybridized carbons (Fsp3) is 0.250. The molecule has 0 amide bonds. The van der Waals surface area contributed by atoms with Crippen LogP contribution in [-0.2, 0) is 0 Å². The number of aliphatic hydroxyl groups excluding tert-OH is 1. The summed E-state index contributed by atoms with van der Waals surface area (Å²) in [6.45, 7) is 2.92. The van der Waals surface area contributed by atoms with E-state index in [0.29, 0.717) is 0 Å². The standard InChI is InChI=1S/C16H18N4O/c1-12-10-15(17-6-3-9-21)14-5-4-13(11-16(14)19-12)20-8-2-7-18-20/h2,4-5,7-8,10-11,21H,3,6,9H2,1H3,(H,17,19). The molecule has 0 saturated heterocycles. The zero-order valence-electron chi connectivity index (χ0n) is 12.0. The number of pyridine rings is 1. The van der Waals surface area contributed by atoms with Crippen LogP contribution in [0.15, 0.2) is 42.7 Å². The smallest absolute Gasteiger partial charge is 0.0747 e. The molecule has 0 unspecified atom stereocenters. The minimum absolute atomic E-state index is 0.193. The molecule has 2 heterocycles. The van der Waals surface area contributed by atoms with Gasteiger partial charge in [-0.1, -0.05) is 0 Å². The molecule has 0 aliphatic heterocycles. The second kappa shape index (κ2) is 5.93. The number of benzene rings is 1. The average Bonchev–Trinajstić information content (AvgIpc) is 3.01. The van der Waals surface area contributed by atoms with Crippen LogP contribution in [-0.4, -0.2) is 33.0 Å². The predicted octanol–water partition coefficient (Wildman–Crippen LogP) is 2.52. The normalized spacial score (nSPS) is 11.0. The fourth-order valence-corrected chi connectivity index (χ4v) is 2.36. The SMILES string of the molecule is Cc1cc(NCCCO)c2ccc(-n3cccn3)cc2n1. The number of anilines is 1. The fourth-order valence-electron chi connectivity index (χ4n) is 2.36. The molecule has 2 aromatic heterocycles. The van der Waals surface area contributed by atoms with Crippen molar-refractivity contribution in [3.05, 3.63) is 48.4 Å². The van der Waals surface area contributed by atoms with Crippen molar-refractivity contribution >= 4 is 16.6 Å². The minimum Gasteiger partial charge on any atom is -0.396 e. The highest BCUT2D eigenvalue weighted by Crippen LogP contribution is 2.25. The van der Waals surface area contributed by atoms with Gasteiger partial charge in [0.2, 0.25) is 0 Å². The van der Waals surface area contributed by atoms with Crippen LogP contribution in [0.25, 0.3) is 16.6 Å². The van der Waals surface area contributed by atoms with Gasteiger partial charge in [-0.25, -0.2) is 4.68 Å². The number of aryl methyl sites for hydroxylation is 1. The number of hydrogen-bond acceptors (Lipinski definition) is 4. The van der Waals surface area contributed by atoms with Crippen molar-refractivity contribution in [1.29, 1.82) is 0 Å². The van der Waals surface area contributed by atoms with E-state index in [1.54, 1.807) is 6.20 Å². The predicted molar refractivity (Wildman–Crippen MR) is 83.8 cm³/mol. The first-order chi connectivity index (χ1) is 10.3. The highest BCUT2D eigenvalue weighted by atomic mass is 16.3. The summed E-state index contributed by atoms with van der Waals surface area (Å²) in [5.41, 5.74) is 3.95. The minimum atomic E-state index is 0.193. The first kappa shape index (κ1) is 13.6. The number of aliphatic hydroxyl groups is 1. The molecule has 0 aliphatic carbocycles. The molecular formula is C16H18N4O. The summed E-state index contributed by atoms with van der Waals surface area (Å²) in [5, 5.41) is 17.6. The van der Waals surface area contributed by atoms with Gasteiger partial charge in [0.15, 0.2) is 0 Å². The Balaban J connectivity index is 2.01. The maximum absolute atomic E-state index is 8.89. The summed E-state index contributed by atoms with van der Waals surface area (Å²) < 4.78 is 1.82. The molecule has 0 radical (unpaired) electrons. The van der Waals surface area contributed by atoms with E-state index in [9.17, 15) is 0 Å². The quantitative estimate of drug-likeness (QED) is 0.706. The van der Waals surface area contributed by atoms with Crippen molar-refractivity contribution in [3.63, 3.8) is 0 Å². The van der Waals surface area contributed by atoms with Crippen LogP contribution in [0.1, 0.15) is 12.1 Å². The molecule has 0 saturated carbocycles. The van der Waals surface area contributed by atoms with Crippen LogP contribution < -0.4 is 5.32 Å². The summed E-state index contributed by atoms with van der Waals surface area (Å²) in [6.07, 6.45) is 4.40. The number of nitrogens with zero attached hydrogens (tertiary/aromatic N) is 3. The third-order valence-electron chi connectivity index (χ3n) is 3.34. The van der Waals surface area contributed by atoms with Gasteiger partial charge in [-0.2, -0.15) is 5.10 Å². The van der Waals surface area contributed by atoms with Crippen LogP contribution in [0.4, 0.5) is 5.69 Å². The Kier molecular flexibility index (Phi) is 3.83. The van der Waals surface area contributed by atoms with E-state index in [-0.39, 0.29) is 6.61 Å². The first-order valence-corrected chi connectivity index (χ1v) is 7.04. The third-order valence-corrected chi connectivity index (χ3v) is 3.34. The van der Waals surface area contributed by atoms with Gasteiger partial charge in [-0.05, 0) is 43.7 Å². The number of rotatable bonds is 5. The molecule has 0 aliphatic rings. The zero-order chi connectivity index (χ0) is 14.7. The Morgan fingerprint density at radius 3 is 2.95 bits per heavy atom. The summed E-state index contributed by atoms with van der Waals surface area (Å²) in [6, 6.07) is 10.1. The maximum atomic E-state index is 8.89. The number of fused-ring (bicyclic) bond motifs is 1. The second-order valence-electron chi connectivity index (χ2n) is 4.97. The van der Waals surface area contributed by atoms with Gasteiger partial charge in [0, 0.05) is 42.3 Å². The Bertz CT molecular complexity index is 737. The second-order valence-corrected chi connectivity index (χ2v) is 4.97. The number of aromatic nitrogens is 3. The van der Waals surface area contributed by atoms with Gasteiger partial charge in [0.25, 0.3) is 0 Å². The van der Waals surface area contributed by atoms with Gasteiger partial charge >= 0.3 is 0 Å². The highest BCUT2D eigenvalue weighted by molar-refractivity contribution is 5.92. The van der Waals surface area contributed by atoms with Crippen molar-refractivity contribution in [1.82, 2.24) is 14.8 Å². The summed E-state index contributed by atoms with van der Waals surface area (Å²) in [7, 11) is 0. The first-order valence-electron chi connectivity index (χ1n) is 7.04. The molecule has 3 rings (SSSR count). The van der Waals surface area contributed by atoms with Gasteiger partial charge in [-0.3, -0.25) is 4.98 Å². The summed E-state index contributed by atoms with van der Waals surface area (Å²) in [4.78, 5) is 4.60. The van der Waals surface area contributed by atoms with Gasteiger partial charge in [-0.15, -0.1) is 0 Å². The van der Waals surface area contributed by atoms with E-state index in [0.717, 1.165) is 40.9 Å². The van der Waals surface area contributed by atoms with Crippen LogP contribution in [0.3, 0.4) is 0 Å². The molecule has 0 atom stereocenters. The molecule has 1 aromatic carbocycles. The average molecular weight is 282 g/mol. The van der Waals surface area contributed by atoms with Crippen molar-refractivity contribution in [2.75, 3.05) is 18.5 Å². The van der Waals surface area contributed by atoms with Gasteiger partial charge in [0.1, 0.15) is 0 Å². The van der Waals surface area contributed by atoms with E-state index in [1.165, 1.54) is 0 Å². The van der Waals surface area contributed by atoms with E-state index < -0.39 is 0 Å². The highest BCUT2D eigenvalue weighted by Gasteiger charge is 2.06. The van der Waals surface area contributed by atoms with E-state index in [4.69, 9.17) is 5.11 Å². The molecule has 0 fully saturated rings. The van der Waals surface area contributed by atoms with Crippen molar-refractivity contribution in [2.24, 2.45) is 0 Å². The molecule has 3 aromatic rings. The Morgan fingerprint density at radius 1 is 1.29 bits per heavy atom. The maximum Gasteiger partial charge on any atom is 0.0747 e. The Labute approximate surface area is 123 Å². The van der Waals surface area contributed by atoms with Gasteiger partial charge in [0.05, 0.1) is 11.2 Å². The van der Waals surface area contributed by atoms with Crippen LogP contribution in [0.2, 0.25) is 0 Å². The largest absolute Gasteiger partial charge is 0.396 e. The van der Waals surface area contributed by atoms with Crippen LogP contribution >= 0.6 is 0 Å². The molecule has 108 valence electrons. The molecule has 5 heteroatoms. The number of hydrogen-bond donors (Lipinski definition) is 2. The lowest BCUT2D eigenvalue weighted by molar-refractivity contribution is 0.292. The monoisotopic (exact) mass is 282 g/mol. The topological polar surface area (TPSA) is 63.0 Å². The third kappa shape index (κ3) is 2.87. The Morgan fingerprint density at radius 2 is 2.19 bits per heavy atom. The summed E-state index contributed by atoms with van der Waals surface area (Å²) >= 11 is 0. The lowest BCUT2D eigenvalue weighted by Crippen LogP contribution is -2.05. The molecule has 0 bridgehead atoms. The molecule has 21 heavy (non-hydrogen) atoms. The zero-order valence-corrected chi connectivity index (χ0v) is 12.0. The van der Waals surface area contributed by atoms with Crippen molar-refractivity contribution in [2.45, 2.75) is 13.3 Å². The van der Waals surface area contributed by atoms with E-state index in [1.807, 2.05) is 42.1 Å².